The van der Waals surface area contributed by atoms with Crippen LogP contribution in [-0.4, -0.2) is 41.0 Å². The minimum Gasteiger partial charge on any atom is -0.494 e. The largest absolute Gasteiger partial charge is 0.494 e. The predicted molar refractivity (Wildman–Crippen MR) is 91.4 cm³/mol. The topological polar surface area (TPSA) is 138 Å². The number of nitrogens with one attached hydrogen (secondary N) is 1. The van der Waals surface area contributed by atoms with E-state index in [9.17, 15) is 19.7 Å². The summed E-state index contributed by atoms with van der Waals surface area (Å²) in [5, 5.41) is 24.2. The van der Waals surface area contributed by atoms with Crippen molar-refractivity contribution in [2.24, 2.45) is 5.10 Å². The molecule has 10 nitrogen and oxygen atoms in total. The summed E-state index contributed by atoms with van der Waals surface area (Å²) < 4.78 is 5.22. The molecule has 0 saturated carbocycles. The van der Waals surface area contributed by atoms with Gasteiger partial charge in [-0.15, -0.1) is 0 Å². The molecule has 1 aliphatic heterocycles. The van der Waals surface area contributed by atoms with Gasteiger partial charge in [0.15, 0.2) is 5.71 Å². The lowest BCUT2D eigenvalue weighted by Crippen LogP contribution is -2.44. The van der Waals surface area contributed by atoms with E-state index in [0.717, 1.165) is 4.90 Å². The molecule has 2 rings (SSSR count). The van der Waals surface area contributed by atoms with Crippen molar-refractivity contribution in [2.75, 3.05) is 19.1 Å². The van der Waals surface area contributed by atoms with Crippen LogP contribution in [0.4, 0.5) is 11.4 Å². The van der Waals surface area contributed by atoms with E-state index in [4.69, 9.17) is 10.00 Å². The molecular weight excluding hydrogens is 342 g/mol. The van der Waals surface area contributed by atoms with Crippen molar-refractivity contribution in [1.82, 2.24) is 4.90 Å². The van der Waals surface area contributed by atoms with Crippen LogP contribution < -0.4 is 10.2 Å². The highest BCUT2D eigenvalue weighted by molar-refractivity contribution is 6.50. The van der Waals surface area contributed by atoms with Gasteiger partial charge in [-0.05, 0) is 26.0 Å². The van der Waals surface area contributed by atoms with E-state index in [2.05, 4.69) is 10.5 Å². The number of nitriles is 1. The fourth-order valence-corrected chi connectivity index (χ4v) is 2.25. The van der Waals surface area contributed by atoms with Crippen molar-refractivity contribution in [3.63, 3.8) is 0 Å². The SMILES string of the molecule is CCOc1ccc(N/N=C2\C(=O)N(C)C(=O)C(C#N)=C2C)c([N+](=O)[O-])c1. The van der Waals surface area contributed by atoms with Crippen LogP contribution in [0.1, 0.15) is 13.8 Å². The molecule has 134 valence electrons. The number of nitrogens with zero attached hydrogens (tertiary/aromatic N) is 4. The van der Waals surface area contributed by atoms with Crippen molar-refractivity contribution in [3.05, 3.63) is 39.5 Å². The number of nitro groups is 1. The first-order chi connectivity index (χ1) is 12.3. The third kappa shape index (κ3) is 3.36. The van der Waals surface area contributed by atoms with Gasteiger partial charge in [0.1, 0.15) is 23.1 Å². The number of nitro benzene ring substituents is 1. The summed E-state index contributed by atoms with van der Waals surface area (Å²) in [4.78, 5) is 35.5. The standard InChI is InChI=1S/C16H15N5O5/c1-4-26-10-5-6-12(13(7-10)21(24)25)18-19-14-9(2)11(8-17)15(22)20(3)16(14)23/h5-7,18H,4H2,1-3H3/b19-14-. The average Bonchev–Trinajstić information content (AvgIpc) is 2.61. The van der Waals surface area contributed by atoms with Gasteiger partial charge in [-0.1, -0.05) is 0 Å². The van der Waals surface area contributed by atoms with E-state index in [1.54, 1.807) is 13.0 Å². The number of amides is 2. The van der Waals surface area contributed by atoms with Crippen LogP contribution in [0.25, 0.3) is 0 Å². The van der Waals surface area contributed by atoms with Gasteiger partial charge in [-0.2, -0.15) is 10.4 Å². The van der Waals surface area contributed by atoms with Gasteiger partial charge >= 0.3 is 0 Å². The summed E-state index contributed by atoms with van der Waals surface area (Å²) in [5.41, 5.74) is 1.91. The summed E-state index contributed by atoms with van der Waals surface area (Å²) >= 11 is 0. The maximum absolute atomic E-state index is 12.2. The molecule has 26 heavy (non-hydrogen) atoms. The number of hydrogen-bond donors (Lipinski definition) is 1. The average molecular weight is 357 g/mol. The molecular formula is C16H15N5O5. The Hall–Kier alpha value is -3.74. The first kappa shape index (κ1) is 18.6. The fourth-order valence-electron chi connectivity index (χ4n) is 2.25. The molecule has 0 aliphatic carbocycles. The number of carbonyl (C=O) groups excluding carboxylic acids is 2. The highest BCUT2D eigenvalue weighted by Gasteiger charge is 2.34. The Morgan fingerprint density at radius 3 is 2.65 bits per heavy atom. The molecule has 1 N–H and O–H groups in total. The Balaban J connectivity index is 2.44. The summed E-state index contributed by atoms with van der Waals surface area (Å²) in [6.07, 6.45) is 0. The second-order valence-electron chi connectivity index (χ2n) is 5.22. The van der Waals surface area contributed by atoms with E-state index in [0.29, 0.717) is 12.4 Å². The number of benzene rings is 1. The second kappa shape index (κ2) is 7.43. The maximum atomic E-state index is 12.2. The summed E-state index contributed by atoms with van der Waals surface area (Å²) in [6, 6.07) is 5.87. The molecule has 0 aromatic heterocycles. The van der Waals surface area contributed by atoms with Crippen molar-refractivity contribution in [3.8, 4) is 11.8 Å². The molecule has 0 atom stereocenters. The van der Waals surface area contributed by atoms with Crippen LogP contribution in [-0.2, 0) is 9.59 Å². The smallest absolute Gasteiger partial charge is 0.297 e. The molecule has 0 fully saturated rings. The number of carbonyl (C=O) groups is 2. The maximum Gasteiger partial charge on any atom is 0.297 e. The summed E-state index contributed by atoms with van der Waals surface area (Å²) in [6.45, 7) is 3.51. The first-order valence-corrected chi connectivity index (χ1v) is 7.50. The molecule has 0 radical (unpaired) electrons. The molecule has 0 bridgehead atoms. The highest BCUT2D eigenvalue weighted by atomic mass is 16.6. The molecule has 0 saturated heterocycles. The number of hydrogen-bond acceptors (Lipinski definition) is 8. The number of likely N-dealkylation sites (N-methyl/N-ethyl adjacent to an activating group) is 1. The number of hydrazone groups is 1. The summed E-state index contributed by atoms with van der Waals surface area (Å²) in [7, 11) is 1.23. The van der Waals surface area contributed by atoms with Crippen molar-refractivity contribution in [2.45, 2.75) is 13.8 Å². The van der Waals surface area contributed by atoms with E-state index in [1.165, 1.54) is 32.2 Å². The molecule has 10 heteroatoms. The van der Waals surface area contributed by atoms with Gasteiger partial charge in [-0.3, -0.25) is 30.0 Å². The molecule has 2 amide bonds. The third-order valence-electron chi connectivity index (χ3n) is 3.63. The Morgan fingerprint density at radius 2 is 2.08 bits per heavy atom. The molecule has 1 heterocycles. The van der Waals surface area contributed by atoms with Crippen LogP contribution in [0, 0.1) is 21.4 Å². The van der Waals surface area contributed by atoms with Gasteiger partial charge in [-0.25, -0.2) is 0 Å². The molecule has 1 aliphatic rings. The molecule has 1 aromatic carbocycles. The fraction of sp³-hybridized carbons (Fsp3) is 0.250. The van der Waals surface area contributed by atoms with Gasteiger partial charge in [0, 0.05) is 12.6 Å². The van der Waals surface area contributed by atoms with Crippen LogP contribution in [0.15, 0.2) is 34.4 Å². The van der Waals surface area contributed by atoms with Crippen molar-refractivity contribution < 1.29 is 19.2 Å². The number of rotatable bonds is 5. The Morgan fingerprint density at radius 1 is 1.38 bits per heavy atom. The molecule has 0 spiro atoms. The second-order valence-corrected chi connectivity index (χ2v) is 5.22. The van der Waals surface area contributed by atoms with E-state index in [-0.39, 0.29) is 28.2 Å². The Labute approximate surface area is 148 Å². The van der Waals surface area contributed by atoms with Gasteiger partial charge in [0.05, 0.1) is 17.6 Å². The zero-order valence-electron chi connectivity index (χ0n) is 14.3. The minimum atomic E-state index is -0.721. The third-order valence-corrected chi connectivity index (χ3v) is 3.63. The lowest BCUT2D eigenvalue weighted by molar-refractivity contribution is -0.384. The van der Waals surface area contributed by atoms with Crippen LogP contribution in [0.2, 0.25) is 0 Å². The molecule has 1 aromatic rings. The zero-order chi connectivity index (χ0) is 19.4. The lowest BCUT2D eigenvalue weighted by atomic mass is 10.00. The van der Waals surface area contributed by atoms with Crippen molar-refractivity contribution in [1.29, 1.82) is 5.26 Å². The number of ether oxygens (including phenoxy) is 1. The lowest BCUT2D eigenvalue weighted by Gasteiger charge is -2.22. The summed E-state index contributed by atoms with van der Waals surface area (Å²) in [5.74, 6) is -1.12. The van der Waals surface area contributed by atoms with Gasteiger partial charge in [0.2, 0.25) is 0 Å². The van der Waals surface area contributed by atoms with Crippen LogP contribution in [0.3, 0.4) is 0 Å². The quantitative estimate of drug-likeness (QED) is 0.480. The predicted octanol–water partition coefficient (Wildman–Crippen LogP) is 1.60. The number of anilines is 1. The van der Waals surface area contributed by atoms with E-state index < -0.39 is 16.7 Å². The monoisotopic (exact) mass is 357 g/mol. The Kier molecular flexibility index (Phi) is 5.32. The van der Waals surface area contributed by atoms with Crippen molar-refractivity contribution >= 4 is 28.9 Å². The Bertz CT molecular complexity index is 897. The van der Waals surface area contributed by atoms with Crippen LogP contribution in [0.5, 0.6) is 5.75 Å². The van der Waals surface area contributed by atoms with Crippen LogP contribution >= 0.6 is 0 Å². The minimum absolute atomic E-state index is 0.0320. The normalized spacial score (nSPS) is 15.9. The first-order valence-electron chi connectivity index (χ1n) is 7.50. The van der Waals surface area contributed by atoms with E-state index >= 15 is 0 Å². The number of imide groups is 1. The highest BCUT2D eigenvalue weighted by Crippen LogP contribution is 2.29. The molecule has 0 unspecified atom stereocenters. The van der Waals surface area contributed by atoms with Gasteiger partial charge < -0.3 is 4.74 Å². The van der Waals surface area contributed by atoms with Gasteiger partial charge in [0.25, 0.3) is 17.5 Å². The van der Waals surface area contributed by atoms with E-state index in [1.807, 2.05) is 0 Å². The zero-order valence-corrected chi connectivity index (χ0v) is 14.3.